The minimum Gasteiger partial charge on any atom is -0.308 e. The van der Waals surface area contributed by atoms with Crippen LogP contribution in [0.2, 0.25) is 0 Å². The van der Waals surface area contributed by atoms with Crippen LogP contribution < -0.4 is 5.32 Å². The molecule has 2 aliphatic rings. The summed E-state index contributed by atoms with van der Waals surface area (Å²) in [6.07, 6.45) is 8.27. The van der Waals surface area contributed by atoms with Crippen molar-refractivity contribution in [2.75, 3.05) is 19.6 Å². The van der Waals surface area contributed by atoms with Gasteiger partial charge in [-0.25, -0.2) is 0 Å². The van der Waals surface area contributed by atoms with E-state index in [1.165, 1.54) is 58.2 Å². The Hall–Kier alpha value is -0.0800. The third kappa shape index (κ3) is 2.36. The highest BCUT2D eigenvalue weighted by Crippen LogP contribution is 2.33. The monoisotopic (exact) mass is 210 g/mol. The van der Waals surface area contributed by atoms with Gasteiger partial charge in [-0.05, 0) is 32.2 Å². The van der Waals surface area contributed by atoms with Crippen molar-refractivity contribution in [2.45, 2.75) is 64.0 Å². The van der Waals surface area contributed by atoms with Gasteiger partial charge >= 0.3 is 0 Å². The van der Waals surface area contributed by atoms with Crippen molar-refractivity contribution in [2.24, 2.45) is 0 Å². The zero-order valence-electron chi connectivity index (χ0n) is 10.4. The van der Waals surface area contributed by atoms with Crippen LogP contribution in [0.4, 0.5) is 0 Å². The summed E-state index contributed by atoms with van der Waals surface area (Å²) >= 11 is 0. The minimum absolute atomic E-state index is 0.501. The third-order valence-corrected chi connectivity index (χ3v) is 4.28. The van der Waals surface area contributed by atoms with Crippen LogP contribution in [0.25, 0.3) is 0 Å². The predicted molar refractivity (Wildman–Crippen MR) is 65.1 cm³/mol. The molecule has 2 heteroatoms. The predicted octanol–water partition coefficient (Wildman–Crippen LogP) is 2.39. The number of piperazine rings is 1. The fourth-order valence-electron chi connectivity index (χ4n) is 3.38. The summed E-state index contributed by atoms with van der Waals surface area (Å²) in [5, 5.41) is 3.84. The Morgan fingerprint density at radius 3 is 2.60 bits per heavy atom. The number of nitrogens with zero attached hydrogens (tertiary/aromatic N) is 1. The lowest BCUT2D eigenvalue weighted by atomic mass is 9.91. The molecule has 1 aliphatic carbocycles. The summed E-state index contributed by atoms with van der Waals surface area (Å²) in [5.41, 5.74) is 0.501. The Labute approximate surface area is 94.4 Å². The average Bonchev–Trinajstić information content (AvgIpc) is 2.68. The SMILES string of the molecule is CCCN1CC2(CCCC2)NCC1CC. The highest BCUT2D eigenvalue weighted by molar-refractivity contribution is 5.00. The van der Waals surface area contributed by atoms with Gasteiger partial charge < -0.3 is 5.32 Å². The maximum Gasteiger partial charge on any atom is 0.0309 e. The molecule has 0 aromatic heterocycles. The van der Waals surface area contributed by atoms with Crippen molar-refractivity contribution in [1.82, 2.24) is 10.2 Å². The largest absolute Gasteiger partial charge is 0.308 e. The van der Waals surface area contributed by atoms with Gasteiger partial charge in [0.05, 0.1) is 0 Å². The van der Waals surface area contributed by atoms with Crippen LogP contribution in [0.15, 0.2) is 0 Å². The molecule has 15 heavy (non-hydrogen) atoms. The summed E-state index contributed by atoms with van der Waals surface area (Å²) in [5.74, 6) is 0. The van der Waals surface area contributed by atoms with E-state index in [9.17, 15) is 0 Å². The van der Waals surface area contributed by atoms with E-state index < -0.39 is 0 Å². The van der Waals surface area contributed by atoms with Gasteiger partial charge in [-0.15, -0.1) is 0 Å². The lowest BCUT2D eigenvalue weighted by molar-refractivity contribution is 0.0785. The van der Waals surface area contributed by atoms with E-state index in [1.807, 2.05) is 0 Å². The lowest BCUT2D eigenvalue weighted by Crippen LogP contribution is -2.63. The molecule has 2 rings (SSSR count). The highest BCUT2D eigenvalue weighted by atomic mass is 15.3. The van der Waals surface area contributed by atoms with E-state index >= 15 is 0 Å². The van der Waals surface area contributed by atoms with Crippen molar-refractivity contribution in [3.05, 3.63) is 0 Å². The van der Waals surface area contributed by atoms with Crippen LogP contribution in [0.5, 0.6) is 0 Å². The Kier molecular flexibility index (Phi) is 3.68. The molecular weight excluding hydrogens is 184 g/mol. The van der Waals surface area contributed by atoms with Crippen molar-refractivity contribution < 1.29 is 0 Å². The van der Waals surface area contributed by atoms with Crippen molar-refractivity contribution >= 4 is 0 Å². The van der Waals surface area contributed by atoms with Gasteiger partial charge in [0, 0.05) is 24.7 Å². The molecule has 0 amide bonds. The molecule has 88 valence electrons. The van der Waals surface area contributed by atoms with Crippen LogP contribution >= 0.6 is 0 Å². The molecule has 1 aliphatic heterocycles. The summed E-state index contributed by atoms with van der Waals surface area (Å²) in [6.45, 7) is 8.44. The zero-order chi connectivity index (χ0) is 10.7. The molecule has 0 aromatic rings. The van der Waals surface area contributed by atoms with Crippen LogP contribution in [0, 0.1) is 0 Å². The van der Waals surface area contributed by atoms with E-state index in [0.29, 0.717) is 5.54 Å². The summed E-state index contributed by atoms with van der Waals surface area (Å²) in [7, 11) is 0. The molecule has 0 bridgehead atoms. The average molecular weight is 210 g/mol. The first-order valence-electron chi connectivity index (χ1n) is 6.79. The number of rotatable bonds is 3. The number of nitrogens with one attached hydrogen (secondary N) is 1. The normalized spacial score (nSPS) is 31.2. The Balaban J connectivity index is 1.98. The second-order valence-electron chi connectivity index (χ2n) is 5.40. The second-order valence-corrected chi connectivity index (χ2v) is 5.40. The van der Waals surface area contributed by atoms with E-state index in [0.717, 1.165) is 6.04 Å². The van der Waals surface area contributed by atoms with Crippen LogP contribution in [0.3, 0.4) is 0 Å². The first-order chi connectivity index (χ1) is 7.29. The van der Waals surface area contributed by atoms with Crippen molar-refractivity contribution in [1.29, 1.82) is 0 Å². The molecule has 0 radical (unpaired) electrons. The van der Waals surface area contributed by atoms with Gasteiger partial charge in [-0.2, -0.15) is 0 Å². The van der Waals surface area contributed by atoms with Gasteiger partial charge in [0.25, 0.3) is 0 Å². The molecular formula is C13H26N2. The van der Waals surface area contributed by atoms with Gasteiger partial charge in [-0.1, -0.05) is 26.7 Å². The fraction of sp³-hybridized carbons (Fsp3) is 1.00. The van der Waals surface area contributed by atoms with E-state index in [-0.39, 0.29) is 0 Å². The minimum atomic E-state index is 0.501. The summed E-state index contributed by atoms with van der Waals surface area (Å²) in [4.78, 5) is 2.74. The van der Waals surface area contributed by atoms with Gasteiger partial charge in [0.2, 0.25) is 0 Å². The Morgan fingerprint density at radius 2 is 2.00 bits per heavy atom. The molecule has 1 saturated carbocycles. The second kappa shape index (κ2) is 4.84. The summed E-state index contributed by atoms with van der Waals surface area (Å²) in [6, 6.07) is 0.788. The molecule has 1 heterocycles. The third-order valence-electron chi connectivity index (χ3n) is 4.28. The fourth-order valence-corrected chi connectivity index (χ4v) is 3.38. The van der Waals surface area contributed by atoms with Crippen LogP contribution in [-0.2, 0) is 0 Å². The van der Waals surface area contributed by atoms with Crippen molar-refractivity contribution in [3.63, 3.8) is 0 Å². The van der Waals surface area contributed by atoms with Gasteiger partial charge in [0.1, 0.15) is 0 Å². The summed E-state index contributed by atoms with van der Waals surface area (Å²) < 4.78 is 0. The lowest BCUT2D eigenvalue weighted by Gasteiger charge is -2.46. The molecule has 1 N–H and O–H groups in total. The van der Waals surface area contributed by atoms with Crippen LogP contribution in [0.1, 0.15) is 52.4 Å². The molecule has 1 unspecified atom stereocenters. The van der Waals surface area contributed by atoms with Crippen molar-refractivity contribution in [3.8, 4) is 0 Å². The number of hydrogen-bond acceptors (Lipinski definition) is 2. The molecule has 2 nitrogen and oxygen atoms in total. The standard InChI is InChI=1S/C13H26N2/c1-3-9-15-11-13(7-5-6-8-13)14-10-12(15)4-2/h12,14H,3-11H2,1-2H3. The van der Waals surface area contributed by atoms with E-state index in [1.54, 1.807) is 0 Å². The molecule has 1 saturated heterocycles. The highest BCUT2D eigenvalue weighted by Gasteiger charge is 2.39. The van der Waals surface area contributed by atoms with Gasteiger partial charge in [-0.3, -0.25) is 4.90 Å². The first-order valence-corrected chi connectivity index (χ1v) is 6.79. The smallest absolute Gasteiger partial charge is 0.0309 e. The molecule has 2 fully saturated rings. The Bertz CT molecular complexity index is 197. The van der Waals surface area contributed by atoms with E-state index in [2.05, 4.69) is 24.1 Å². The quantitative estimate of drug-likeness (QED) is 0.769. The molecule has 0 aromatic carbocycles. The molecule has 1 spiro atoms. The van der Waals surface area contributed by atoms with E-state index in [4.69, 9.17) is 0 Å². The molecule has 1 atom stereocenters. The maximum absolute atomic E-state index is 3.84. The maximum atomic E-state index is 3.84. The first kappa shape index (κ1) is 11.4. The topological polar surface area (TPSA) is 15.3 Å². The Morgan fingerprint density at radius 1 is 1.27 bits per heavy atom. The number of hydrogen-bond donors (Lipinski definition) is 1. The zero-order valence-corrected chi connectivity index (χ0v) is 10.4. The van der Waals surface area contributed by atoms with Crippen LogP contribution in [-0.4, -0.2) is 36.1 Å². The van der Waals surface area contributed by atoms with Gasteiger partial charge in [0.15, 0.2) is 0 Å².